The number of alkyl carbamates (subject to hydrolysis) is 1. The Hall–Kier alpha value is -1.65. The minimum absolute atomic E-state index is 0.0164. The van der Waals surface area contributed by atoms with Gasteiger partial charge in [-0.05, 0) is 39.3 Å². The van der Waals surface area contributed by atoms with Crippen molar-refractivity contribution < 1.29 is 27.9 Å². The number of carboxylic acid groups (broad SMARTS) is 1. The number of amides is 1. The lowest BCUT2D eigenvalue weighted by Gasteiger charge is -2.19. The third kappa shape index (κ3) is 6.16. The van der Waals surface area contributed by atoms with Gasteiger partial charge in [-0.15, -0.1) is 11.3 Å². The van der Waals surface area contributed by atoms with E-state index in [9.17, 15) is 18.0 Å². The summed E-state index contributed by atoms with van der Waals surface area (Å²) in [7, 11) is -3.82. The average Bonchev–Trinajstić information content (AvgIpc) is 2.75. The number of aryl methyl sites for hydroxylation is 1. The molecule has 0 aliphatic rings. The van der Waals surface area contributed by atoms with E-state index in [2.05, 4.69) is 10.0 Å². The monoisotopic (exact) mass is 364 g/mol. The number of ether oxygens (including phenoxy) is 1. The third-order valence-corrected chi connectivity index (χ3v) is 5.60. The molecule has 0 aliphatic carbocycles. The fraction of sp³-hybridized carbons (Fsp3) is 0.538. The van der Waals surface area contributed by atoms with Gasteiger partial charge in [0, 0.05) is 13.1 Å². The third-order valence-electron chi connectivity index (χ3n) is 2.44. The van der Waals surface area contributed by atoms with E-state index in [1.807, 2.05) is 0 Å². The van der Waals surface area contributed by atoms with Crippen LogP contribution in [0.1, 0.15) is 36.0 Å². The number of aromatic carboxylic acids is 1. The first-order valence-electron chi connectivity index (χ1n) is 6.72. The maximum absolute atomic E-state index is 12.1. The Labute approximate surface area is 138 Å². The van der Waals surface area contributed by atoms with Crippen molar-refractivity contribution in [1.29, 1.82) is 0 Å². The van der Waals surface area contributed by atoms with Crippen LogP contribution in [0, 0.1) is 6.92 Å². The quantitative estimate of drug-likeness (QED) is 0.659. The maximum atomic E-state index is 12.1. The lowest BCUT2D eigenvalue weighted by atomic mass is 10.2. The molecular formula is C13H20N2O6S2. The van der Waals surface area contributed by atoms with Crippen molar-refractivity contribution in [2.45, 2.75) is 37.5 Å². The average molecular weight is 364 g/mol. The van der Waals surface area contributed by atoms with E-state index in [0.29, 0.717) is 16.9 Å². The highest BCUT2D eigenvalue weighted by molar-refractivity contribution is 7.91. The first-order valence-corrected chi connectivity index (χ1v) is 9.02. The zero-order valence-corrected chi connectivity index (χ0v) is 14.9. The molecular weight excluding hydrogens is 344 g/mol. The smallest absolute Gasteiger partial charge is 0.407 e. The maximum Gasteiger partial charge on any atom is 0.407 e. The molecule has 0 saturated carbocycles. The number of carbonyl (C=O) groups excluding carboxylic acids is 1. The molecule has 0 fully saturated rings. The van der Waals surface area contributed by atoms with Gasteiger partial charge in [-0.25, -0.2) is 22.7 Å². The Morgan fingerprint density at radius 1 is 1.30 bits per heavy atom. The van der Waals surface area contributed by atoms with Gasteiger partial charge in [-0.2, -0.15) is 0 Å². The molecule has 0 aromatic carbocycles. The zero-order chi connectivity index (χ0) is 17.8. The van der Waals surface area contributed by atoms with E-state index in [-0.39, 0.29) is 22.2 Å². The van der Waals surface area contributed by atoms with Crippen LogP contribution >= 0.6 is 11.3 Å². The molecule has 1 heterocycles. The van der Waals surface area contributed by atoms with Crippen LogP contribution in [0.25, 0.3) is 0 Å². The normalized spacial score (nSPS) is 12.0. The van der Waals surface area contributed by atoms with Crippen molar-refractivity contribution in [3.63, 3.8) is 0 Å². The van der Waals surface area contributed by atoms with E-state index < -0.39 is 27.7 Å². The predicted molar refractivity (Wildman–Crippen MR) is 85.4 cm³/mol. The van der Waals surface area contributed by atoms with E-state index in [1.165, 1.54) is 13.0 Å². The Morgan fingerprint density at radius 3 is 2.39 bits per heavy atom. The molecule has 1 aromatic heterocycles. The molecule has 0 saturated heterocycles. The first kappa shape index (κ1) is 19.4. The second-order valence-electron chi connectivity index (χ2n) is 5.71. The highest BCUT2D eigenvalue weighted by atomic mass is 32.2. The number of carboxylic acids is 1. The minimum atomic E-state index is -3.82. The van der Waals surface area contributed by atoms with Gasteiger partial charge in [0.1, 0.15) is 14.7 Å². The Balaban J connectivity index is 2.55. The fourth-order valence-corrected chi connectivity index (χ4v) is 3.99. The summed E-state index contributed by atoms with van der Waals surface area (Å²) in [6, 6.07) is 1.30. The lowest BCUT2D eigenvalue weighted by molar-refractivity contribution is 0.0528. The van der Waals surface area contributed by atoms with Crippen molar-refractivity contribution in [3.8, 4) is 0 Å². The number of thiophene rings is 1. The number of rotatable bonds is 6. The van der Waals surface area contributed by atoms with Gasteiger partial charge >= 0.3 is 12.1 Å². The predicted octanol–water partition coefficient (Wildman–Crippen LogP) is 1.56. The van der Waals surface area contributed by atoms with Crippen molar-refractivity contribution in [1.82, 2.24) is 10.0 Å². The highest BCUT2D eigenvalue weighted by Crippen LogP contribution is 2.25. The molecule has 0 spiro atoms. The molecule has 10 heteroatoms. The number of nitrogens with one attached hydrogen (secondary N) is 2. The lowest BCUT2D eigenvalue weighted by Crippen LogP contribution is -2.37. The second-order valence-corrected chi connectivity index (χ2v) is 8.76. The standard InChI is InChI=1S/C13H20N2O6S2/c1-8-7-9(22-10(8)11(16)17)23(19,20)15-6-5-14-12(18)21-13(2,3)4/h7,15H,5-6H2,1-4H3,(H,14,18)(H,16,17). The zero-order valence-electron chi connectivity index (χ0n) is 13.3. The summed E-state index contributed by atoms with van der Waals surface area (Å²) in [5, 5.41) is 11.4. The Kier molecular flexibility index (Phi) is 6.14. The molecule has 1 amide bonds. The molecule has 1 rings (SSSR count). The Morgan fingerprint density at radius 2 is 1.91 bits per heavy atom. The van der Waals surface area contributed by atoms with Gasteiger partial charge in [0.05, 0.1) is 0 Å². The van der Waals surface area contributed by atoms with E-state index in [4.69, 9.17) is 9.84 Å². The summed E-state index contributed by atoms with van der Waals surface area (Å²) < 4.78 is 31.3. The van der Waals surface area contributed by atoms with Crippen LogP contribution in [-0.4, -0.2) is 44.3 Å². The summed E-state index contributed by atoms with van der Waals surface area (Å²) in [5.41, 5.74) is -0.250. The molecule has 3 N–H and O–H groups in total. The van der Waals surface area contributed by atoms with E-state index in [0.717, 1.165) is 0 Å². The summed E-state index contributed by atoms with van der Waals surface area (Å²) in [4.78, 5) is 22.3. The van der Waals surface area contributed by atoms with Crippen molar-refractivity contribution in [2.24, 2.45) is 0 Å². The van der Waals surface area contributed by atoms with Gasteiger partial charge in [-0.3, -0.25) is 0 Å². The van der Waals surface area contributed by atoms with Crippen molar-refractivity contribution in [3.05, 3.63) is 16.5 Å². The van der Waals surface area contributed by atoms with Gasteiger partial charge in [0.15, 0.2) is 0 Å². The van der Waals surface area contributed by atoms with Gasteiger partial charge < -0.3 is 15.2 Å². The number of hydrogen-bond acceptors (Lipinski definition) is 6. The first-order chi connectivity index (χ1) is 10.4. The summed E-state index contributed by atoms with van der Waals surface area (Å²) in [6.07, 6.45) is -0.642. The number of carbonyl (C=O) groups is 2. The number of sulfonamides is 1. The largest absolute Gasteiger partial charge is 0.477 e. The van der Waals surface area contributed by atoms with E-state index in [1.54, 1.807) is 20.8 Å². The van der Waals surface area contributed by atoms with Crippen LogP contribution in [0.5, 0.6) is 0 Å². The second kappa shape index (κ2) is 7.28. The molecule has 0 aliphatic heterocycles. The highest BCUT2D eigenvalue weighted by Gasteiger charge is 2.21. The fourth-order valence-electron chi connectivity index (χ4n) is 1.53. The summed E-state index contributed by atoms with van der Waals surface area (Å²) in [5.74, 6) is -1.17. The van der Waals surface area contributed by atoms with Gasteiger partial charge in [0.25, 0.3) is 0 Å². The van der Waals surface area contributed by atoms with E-state index >= 15 is 0 Å². The summed E-state index contributed by atoms with van der Waals surface area (Å²) >= 11 is 0.685. The molecule has 8 nitrogen and oxygen atoms in total. The summed E-state index contributed by atoms with van der Waals surface area (Å²) in [6.45, 7) is 6.69. The van der Waals surface area contributed by atoms with Gasteiger partial charge in [0.2, 0.25) is 10.0 Å². The molecule has 0 unspecified atom stereocenters. The van der Waals surface area contributed by atoms with Crippen LogP contribution in [-0.2, 0) is 14.8 Å². The number of hydrogen-bond donors (Lipinski definition) is 3. The van der Waals surface area contributed by atoms with Crippen molar-refractivity contribution in [2.75, 3.05) is 13.1 Å². The molecule has 0 atom stereocenters. The van der Waals surface area contributed by atoms with Gasteiger partial charge in [-0.1, -0.05) is 0 Å². The van der Waals surface area contributed by atoms with Crippen LogP contribution in [0.15, 0.2) is 10.3 Å². The molecule has 1 aromatic rings. The molecule has 0 bridgehead atoms. The molecule has 130 valence electrons. The molecule has 0 radical (unpaired) electrons. The van der Waals surface area contributed by atoms with Crippen molar-refractivity contribution >= 4 is 33.4 Å². The minimum Gasteiger partial charge on any atom is -0.477 e. The topological polar surface area (TPSA) is 122 Å². The van der Waals surface area contributed by atoms with Crippen LogP contribution < -0.4 is 10.0 Å². The van der Waals surface area contributed by atoms with Crippen LogP contribution in [0.2, 0.25) is 0 Å². The Bertz CT molecular complexity index is 688. The van der Waals surface area contributed by atoms with Crippen LogP contribution in [0.3, 0.4) is 0 Å². The SMILES string of the molecule is Cc1cc(S(=O)(=O)NCCNC(=O)OC(C)(C)C)sc1C(=O)O. The molecule has 23 heavy (non-hydrogen) atoms. The van der Waals surface area contributed by atoms with Crippen LogP contribution in [0.4, 0.5) is 4.79 Å².